The number of hydrogen-bond donors (Lipinski definition) is 2. The van der Waals surface area contributed by atoms with Gasteiger partial charge in [-0.05, 0) is 13.0 Å². The van der Waals surface area contributed by atoms with Crippen LogP contribution in [0.3, 0.4) is 0 Å². The van der Waals surface area contributed by atoms with Crippen LogP contribution in [-0.4, -0.2) is 16.8 Å². The molecule has 5 heteroatoms. The Bertz CT molecular complexity index is 99.6. The van der Waals surface area contributed by atoms with Crippen molar-refractivity contribution in [3.8, 4) is 0 Å². The van der Waals surface area contributed by atoms with Crippen molar-refractivity contribution in [2.45, 2.75) is 45.4 Å². The van der Waals surface area contributed by atoms with Gasteiger partial charge in [0.05, 0.1) is 0 Å². The first-order valence-corrected chi connectivity index (χ1v) is 4.68. The third-order valence-corrected chi connectivity index (χ3v) is 1.56. The van der Waals surface area contributed by atoms with Crippen molar-refractivity contribution in [3.05, 3.63) is 10.1 Å². The van der Waals surface area contributed by atoms with Crippen LogP contribution in [-0.2, 0) is 0 Å². The molecular weight excluding hydrogens is 172 g/mol. The molecule has 0 aliphatic rings. The number of nitrogens with zero attached hydrogens (tertiary/aromatic N) is 1. The van der Waals surface area contributed by atoms with Gasteiger partial charge in [0, 0.05) is 0 Å². The Morgan fingerprint density at radius 3 is 2.00 bits per heavy atom. The molecule has 0 radical (unpaired) electrons. The van der Waals surface area contributed by atoms with Gasteiger partial charge < -0.3 is 10.9 Å². The van der Waals surface area contributed by atoms with Crippen molar-refractivity contribution in [2.75, 3.05) is 6.54 Å². The first-order valence-electron chi connectivity index (χ1n) is 4.68. The van der Waals surface area contributed by atoms with Crippen molar-refractivity contribution in [3.63, 3.8) is 0 Å². The molecule has 80 valence electrons. The van der Waals surface area contributed by atoms with E-state index >= 15 is 0 Å². The molecule has 0 saturated carbocycles. The number of hydrogen-bond acceptors (Lipinski definition) is 3. The molecule has 0 heterocycles. The smallest absolute Gasteiger partial charge is 0.291 e. The van der Waals surface area contributed by atoms with Crippen LogP contribution in [0.4, 0.5) is 0 Å². The Labute approximate surface area is 79.0 Å². The van der Waals surface area contributed by atoms with E-state index in [0.717, 1.165) is 6.54 Å². The normalized spacial score (nSPS) is 8.77. The van der Waals surface area contributed by atoms with E-state index in [-0.39, 0.29) is 0 Å². The van der Waals surface area contributed by atoms with Gasteiger partial charge in [0.25, 0.3) is 5.09 Å². The molecule has 13 heavy (non-hydrogen) atoms. The lowest BCUT2D eigenvalue weighted by Crippen LogP contribution is -1.97. The second kappa shape index (κ2) is 13.7. The molecule has 0 rings (SSSR count). The van der Waals surface area contributed by atoms with Gasteiger partial charge in [-0.1, -0.05) is 39.0 Å². The summed E-state index contributed by atoms with van der Waals surface area (Å²) in [6.45, 7) is 3.11. The summed E-state index contributed by atoms with van der Waals surface area (Å²) in [6.07, 6.45) is 8.05. The highest BCUT2D eigenvalue weighted by molar-refractivity contribution is 4.43. The molecule has 0 aliphatic carbocycles. The summed E-state index contributed by atoms with van der Waals surface area (Å²) < 4.78 is 0. The Balaban J connectivity index is 0. The van der Waals surface area contributed by atoms with Crippen LogP contribution in [0, 0.1) is 10.1 Å². The van der Waals surface area contributed by atoms with Crippen LogP contribution < -0.4 is 5.73 Å². The van der Waals surface area contributed by atoms with Gasteiger partial charge in [0.2, 0.25) is 0 Å². The lowest BCUT2D eigenvalue weighted by molar-refractivity contribution is -0.742. The lowest BCUT2D eigenvalue weighted by atomic mass is 10.1. The van der Waals surface area contributed by atoms with Crippen molar-refractivity contribution in [1.29, 1.82) is 0 Å². The molecule has 0 amide bonds. The second-order valence-electron chi connectivity index (χ2n) is 2.79. The Morgan fingerprint density at radius 2 is 1.62 bits per heavy atom. The Kier molecular flexibility index (Phi) is 15.5. The van der Waals surface area contributed by atoms with E-state index < -0.39 is 5.09 Å². The van der Waals surface area contributed by atoms with Gasteiger partial charge in [0.15, 0.2) is 0 Å². The maximum Gasteiger partial charge on any atom is 0.291 e. The molecule has 0 spiro atoms. The summed E-state index contributed by atoms with van der Waals surface area (Å²) in [7, 11) is 0. The topological polar surface area (TPSA) is 89.4 Å². The molecule has 0 atom stereocenters. The van der Waals surface area contributed by atoms with E-state index in [2.05, 4.69) is 6.92 Å². The predicted molar refractivity (Wildman–Crippen MR) is 51.2 cm³/mol. The van der Waals surface area contributed by atoms with Gasteiger partial charge in [-0.15, -0.1) is 10.1 Å². The van der Waals surface area contributed by atoms with Crippen LogP contribution in [0.5, 0.6) is 0 Å². The monoisotopic (exact) mass is 192 g/mol. The summed E-state index contributed by atoms with van der Waals surface area (Å²) >= 11 is 0. The van der Waals surface area contributed by atoms with Gasteiger partial charge in [-0.3, -0.25) is 0 Å². The zero-order valence-corrected chi connectivity index (χ0v) is 8.24. The fourth-order valence-corrected chi connectivity index (χ4v) is 0.925. The van der Waals surface area contributed by atoms with E-state index in [9.17, 15) is 0 Å². The van der Waals surface area contributed by atoms with E-state index in [1.54, 1.807) is 0 Å². The van der Waals surface area contributed by atoms with E-state index in [1.807, 2.05) is 0 Å². The molecule has 0 unspecified atom stereocenters. The molecule has 3 N–H and O–H groups in total. The highest BCUT2D eigenvalue weighted by atomic mass is 16.9. The molecule has 5 nitrogen and oxygen atoms in total. The van der Waals surface area contributed by atoms with Gasteiger partial charge in [0.1, 0.15) is 0 Å². The largest absolute Gasteiger partial charge is 0.330 e. The second-order valence-corrected chi connectivity index (χ2v) is 2.79. The third-order valence-electron chi connectivity index (χ3n) is 1.56. The fraction of sp³-hybridized carbons (Fsp3) is 1.00. The van der Waals surface area contributed by atoms with E-state index in [4.69, 9.17) is 21.1 Å². The number of nitrogens with two attached hydrogens (primary N) is 1. The lowest BCUT2D eigenvalue weighted by Gasteiger charge is -1.96. The minimum atomic E-state index is -1.50. The van der Waals surface area contributed by atoms with E-state index in [0.29, 0.717) is 0 Å². The predicted octanol–water partition coefficient (Wildman–Crippen LogP) is 1.96. The minimum absolute atomic E-state index is 0.867. The maximum absolute atomic E-state index is 8.36. The summed E-state index contributed by atoms with van der Waals surface area (Å²) in [5.41, 5.74) is 5.34. The van der Waals surface area contributed by atoms with Crippen LogP contribution in [0.1, 0.15) is 45.4 Å². The van der Waals surface area contributed by atoms with Crippen molar-refractivity contribution in [1.82, 2.24) is 0 Å². The van der Waals surface area contributed by atoms with Gasteiger partial charge >= 0.3 is 0 Å². The minimum Gasteiger partial charge on any atom is -0.330 e. The maximum atomic E-state index is 8.36. The molecule has 0 aromatic carbocycles. The van der Waals surface area contributed by atoms with Crippen molar-refractivity contribution < 1.29 is 10.3 Å². The highest BCUT2D eigenvalue weighted by Gasteiger charge is 1.85. The van der Waals surface area contributed by atoms with Crippen molar-refractivity contribution >= 4 is 0 Å². The SMILES string of the molecule is CCCCCCCCN.O=[N+]([O-])O. The molecule has 0 saturated heterocycles. The molecule has 0 aromatic heterocycles. The Morgan fingerprint density at radius 1 is 1.23 bits per heavy atom. The average molecular weight is 192 g/mol. The zero-order chi connectivity index (χ0) is 10.5. The third kappa shape index (κ3) is 35.2. The summed E-state index contributed by atoms with van der Waals surface area (Å²) in [5, 5.41) is 13.6. The number of rotatable bonds is 6. The molecule has 0 aromatic rings. The quantitative estimate of drug-likeness (QED) is 0.382. The van der Waals surface area contributed by atoms with Crippen LogP contribution in [0.25, 0.3) is 0 Å². The van der Waals surface area contributed by atoms with Gasteiger partial charge in [-0.25, -0.2) is 0 Å². The summed E-state index contributed by atoms with van der Waals surface area (Å²) in [5.74, 6) is 0. The molecule has 0 bridgehead atoms. The molecule has 0 aliphatic heterocycles. The zero-order valence-electron chi connectivity index (χ0n) is 8.24. The summed E-state index contributed by atoms with van der Waals surface area (Å²) in [4.78, 5) is 8.36. The van der Waals surface area contributed by atoms with Crippen LogP contribution in [0.15, 0.2) is 0 Å². The van der Waals surface area contributed by atoms with Gasteiger partial charge in [-0.2, -0.15) is 0 Å². The Hall–Kier alpha value is -0.840. The highest BCUT2D eigenvalue weighted by Crippen LogP contribution is 2.03. The average Bonchev–Trinajstić information content (AvgIpc) is 2.03. The first-order chi connectivity index (χ1) is 6.15. The number of unbranched alkanes of at least 4 members (excludes halogenated alkanes) is 5. The van der Waals surface area contributed by atoms with E-state index in [1.165, 1.54) is 38.5 Å². The molecule has 0 fully saturated rings. The first kappa shape index (κ1) is 14.7. The molecular formula is C8H20N2O3. The summed E-state index contributed by atoms with van der Waals surface area (Å²) in [6, 6.07) is 0. The van der Waals surface area contributed by atoms with Crippen LogP contribution >= 0.6 is 0 Å². The van der Waals surface area contributed by atoms with Crippen LogP contribution in [0.2, 0.25) is 0 Å². The fourth-order valence-electron chi connectivity index (χ4n) is 0.925. The van der Waals surface area contributed by atoms with Crippen molar-refractivity contribution in [2.24, 2.45) is 5.73 Å². The standard InChI is InChI=1S/C8H19N.HNO3/c1-2-3-4-5-6-7-8-9;2-1(3)4/h2-9H2,1H3;(H,2,3,4).